The number of likely N-dealkylation sites (tertiary alicyclic amines) is 2. The molecule has 0 radical (unpaired) electrons. The summed E-state index contributed by atoms with van der Waals surface area (Å²) in [7, 11) is 0. The van der Waals surface area contributed by atoms with Crippen molar-refractivity contribution >= 4 is 29.1 Å². The molecule has 2 aliphatic rings. The Hall–Kier alpha value is -0.970. The zero-order chi connectivity index (χ0) is 16.2. The van der Waals surface area contributed by atoms with Crippen LogP contribution in [-0.2, 0) is 4.79 Å². The van der Waals surface area contributed by atoms with Crippen molar-refractivity contribution < 1.29 is 9.53 Å². The Balaban J connectivity index is 1.52. The van der Waals surface area contributed by atoms with Crippen LogP contribution in [0.25, 0.3) is 0 Å². The van der Waals surface area contributed by atoms with Crippen molar-refractivity contribution in [2.45, 2.75) is 31.7 Å². The molecule has 1 amide bonds. The van der Waals surface area contributed by atoms with E-state index < -0.39 is 0 Å². The minimum Gasteiger partial charge on any atom is -0.484 e. The molecule has 0 spiro atoms. The number of ether oxygens (including phenoxy) is 1. The first kappa shape index (κ1) is 16.9. The molecule has 1 aromatic rings. The van der Waals surface area contributed by atoms with Crippen molar-refractivity contribution in [3.8, 4) is 5.75 Å². The molecule has 0 aromatic heterocycles. The van der Waals surface area contributed by atoms with E-state index >= 15 is 0 Å². The summed E-state index contributed by atoms with van der Waals surface area (Å²) in [6.07, 6.45) is 4.73. The van der Waals surface area contributed by atoms with E-state index in [4.69, 9.17) is 27.9 Å². The summed E-state index contributed by atoms with van der Waals surface area (Å²) < 4.78 is 5.59. The van der Waals surface area contributed by atoms with Crippen LogP contribution in [0, 0.1) is 0 Å². The number of nitrogens with zero attached hydrogens (tertiary/aromatic N) is 2. The van der Waals surface area contributed by atoms with Gasteiger partial charge in [0.05, 0.1) is 10.0 Å². The second kappa shape index (κ2) is 7.73. The Morgan fingerprint density at radius 3 is 2.65 bits per heavy atom. The Kier molecular flexibility index (Phi) is 5.67. The molecule has 2 heterocycles. The quantitative estimate of drug-likeness (QED) is 0.809. The van der Waals surface area contributed by atoms with E-state index in [1.54, 1.807) is 18.2 Å². The second-order valence-corrected chi connectivity index (χ2v) is 7.07. The summed E-state index contributed by atoms with van der Waals surface area (Å²) in [5.41, 5.74) is 0. The highest BCUT2D eigenvalue weighted by molar-refractivity contribution is 6.42. The maximum absolute atomic E-state index is 12.5. The number of hydrogen-bond donors (Lipinski definition) is 0. The summed E-state index contributed by atoms with van der Waals surface area (Å²) in [4.78, 5) is 16.9. The maximum Gasteiger partial charge on any atom is 0.260 e. The van der Waals surface area contributed by atoms with Crippen molar-refractivity contribution in [2.75, 3.05) is 32.8 Å². The number of rotatable bonds is 5. The van der Waals surface area contributed by atoms with E-state index in [0.29, 0.717) is 21.8 Å². The number of benzene rings is 1. The summed E-state index contributed by atoms with van der Waals surface area (Å²) in [5, 5.41) is 0.917. The van der Waals surface area contributed by atoms with Gasteiger partial charge in [-0.3, -0.25) is 4.79 Å². The third-order valence-electron chi connectivity index (χ3n) is 4.62. The van der Waals surface area contributed by atoms with Crippen LogP contribution in [0.1, 0.15) is 25.7 Å². The van der Waals surface area contributed by atoms with Gasteiger partial charge >= 0.3 is 0 Å². The average molecular weight is 357 g/mol. The van der Waals surface area contributed by atoms with Crippen LogP contribution in [-0.4, -0.2) is 54.5 Å². The van der Waals surface area contributed by atoms with Crippen LogP contribution < -0.4 is 4.74 Å². The average Bonchev–Trinajstić information content (AvgIpc) is 3.20. The molecule has 126 valence electrons. The van der Waals surface area contributed by atoms with E-state index in [9.17, 15) is 4.79 Å². The summed E-state index contributed by atoms with van der Waals surface area (Å²) in [5.74, 6) is 0.626. The Morgan fingerprint density at radius 2 is 1.91 bits per heavy atom. The Labute approximate surface area is 147 Å². The summed E-state index contributed by atoms with van der Waals surface area (Å²) in [6.45, 7) is 4.21. The zero-order valence-electron chi connectivity index (χ0n) is 13.1. The minimum absolute atomic E-state index is 0.0501. The monoisotopic (exact) mass is 356 g/mol. The first-order valence-electron chi connectivity index (χ1n) is 8.23. The molecule has 1 unspecified atom stereocenters. The summed E-state index contributed by atoms with van der Waals surface area (Å²) >= 11 is 11.8. The fourth-order valence-corrected chi connectivity index (χ4v) is 3.70. The van der Waals surface area contributed by atoms with Crippen molar-refractivity contribution in [2.24, 2.45) is 0 Å². The molecule has 2 fully saturated rings. The third kappa shape index (κ3) is 4.31. The number of amides is 1. The van der Waals surface area contributed by atoms with Crippen LogP contribution in [0.4, 0.5) is 0 Å². The van der Waals surface area contributed by atoms with Gasteiger partial charge in [0.25, 0.3) is 5.91 Å². The molecule has 23 heavy (non-hydrogen) atoms. The fraction of sp³-hybridized carbons (Fsp3) is 0.588. The maximum atomic E-state index is 12.5. The predicted molar refractivity (Wildman–Crippen MR) is 92.4 cm³/mol. The highest BCUT2D eigenvalue weighted by Gasteiger charge is 2.30. The van der Waals surface area contributed by atoms with Gasteiger partial charge in [0, 0.05) is 25.2 Å². The number of halogens is 2. The van der Waals surface area contributed by atoms with Gasteiger partial charge in [-0.15, -0.1) is 0 Å². The van der Waals surface area contributed by atoms with Crippen LogP contribution >= 0.6 is 23.2 Å². The van der Waals surface area contributed by atoms with Crippen LogP contribution in [0.3, 0.4) is 0 Å². The van der Waals surface area contributed by atoms with Gasteiger partial charge in [0.2, 0.25) is 0 Å². The van der Waals surface area contributed by atoms with E-state index in [1.807, 2.05) is 4.90 Å². The van der Waals surface area contributed by atoms with Gasteiger partial charge in [-0.2, -0.15) is 0 Å². The van der Waals surface area contributed by atoms with Crippen LogP contribution in [0.5, 0.6) is 5.75 Å². The lowest BCUT2D eigenvalue weighted by molar-refractivity contribution is -0.134. The molecule has 6 heteroatoms. The lowest BCUT2D eigenvalue weighted by Crippen LogP contribution is -2.44. The predicted octanol–water partition coefficient (Wildman–Crippen LogP) is 3.46. The molecule has 4 nitrogen and oxygen atoms in total. The van der Waals surface area contributed by atoms with Crippen LogP contribution in [0.15, 0.2) is 18.2 Å². The van der Waals surface area contributed by atoms with Gasteiger partial charge in [-0.05, 0) is 50.9 Å². The zero-order valence-corrected chi connectivity index (χ0v) is 14.7. The van der Waals surface area contributed by atoms with Gasteiger partial charge in [-0.25, -0.2) is 0 Å². The van der Waals surface area contributed by atoms with Crippen molar-refractivity contribution in [3.63, 3.8) is 0 Å². The van der Waals surface area contributed by atoms with Gasteiger partial charge in [0.1, 0.15) is 5.75 Å². The van der Waals surface area contributed by atoms with E-state index in [1.165, 1.54) is 12.8 Å². The van der Waals surface area contributed by atoms with Crippen molar-refractivity contribution in [3.05, 3.63) is 28.2 Å². The van der Waals surface area contributed by atoms with E-state index in [2.05, 4.69) is 4.90 Å². The number of carbonyl (C=O) groups excluding carboxylic acids is 1. The molecule has 0 N–H and O–H groups in total. The molecule has 1 aromatic carbocycles. The van der Waals surface area contributed by atoms with Crippen LogP contribution in [0.2, 0.25) is 10.0 Å². The molecule has 0 bridgehead atoms. The topological polar surface area (TPSA) is 32.8 Å². The first-order valence-corrected chi connectivity index (χ1v) is 8.99. The molecule has 2 saturated heterocycles. The van der Waals surface area contributed by atoms with E-state index in [-0.39, 0.29) is 12.5 Å². The molecule has 0 saturated carbocycles. The minimum atomic E-state index is 0.0501. The second-order valence-electron chi connectivity index (χ2n) is 6.26. The molecule has 1 atom stereocenters. The lowest BCUT2D eigenvalue weighted by atomic mass is 10.2. The molecule has 0 aliphatic carbocycles. The largest absolute Gasteiger partial charge is 0.484 e. The number of hydrogen-bond acceptors (Lipinski definition) is 3. The standard InChI is InChI=1S/C17H22Cl2N2O2/c18-15-6-5-14(10-16(15)19)23-12-17(22)21-9-3-4-13(21)11-20-7-1-2-8-20/h5-6,10,13H,1-4,7-9,11-12H2. The van der Waals surface area contributed by atoms with Crippen molar-refractivity contribution in [1.82, 2.24) is 9.80 Å². The fourth-order valence-electron chi connectivity index (χ4n) is 3.41. The SMILES string of the molecule is O=C(COc1ccc(Cl)c(Cl)c1)N1CCCC1CN1CCCC1. The van der Waals surface area contributed by atoms with Gasteiger partial charge < -0.3 is 14.5 Å². The highest BCUT2D eigenvalue weighted by Crippen LogP contribution is 2.26. The molecule has 3 rings (SSSR count). The Bertz CT molecular complexity index is 562. The van der Waals surface area contributed by atoms with Gasteiger partial charge in [0.15, 0.2) is 6.61 Å². The highest BCUT2D eigenvalue weighted by atomic mass is 35.5. The lowest BCUT2D eigenvalue weighted by Gasteiger charge is -2.28. The first-order chi connectivity index (χ1) is 11.1. The van der Waals surface area contributed by atoms with E-state index in [0.717, 1.165) is 39.0 Å². The molecule has 2 aliphatic heterocycles. The summed E-state index contributed by atoms with van der Waals surface area (Å²) in [6, 6.07) is 5.38. The normalized spacial score (nSPS) is 21.8. The van der Waals surface area contributed by atoms with Crippen molar-refractivity contribution in [1.29, 1.82) is 0 Å². The number of carbonyl (C=O) groups is 1. The smallest absolute Gasteiger partial charge is 0.260 e. The molecular weight excluding hydrogens is 335 g/mol. The molecular formula is C17H22Cl2N2O2. The Morgan fingerprint density at radius 1 is 1.13 bits per heavy atom. The van der Waals surface area contributed by atoms with Gasteiger partial charge in [-0.1, -0.05) is 23.2 Å². The third-order valence-corrected chi connectivity index (χ3v) is 5.36.